The lowest BCUT2D eigenvalue weighted by molar-refractivity contribution is -0.0459. The van der Waals surface area contributed by atoms with E-state index in [0.717, 1.165) is 0 Å². The van der Waals surface area contributed by atoms with Gasteiger partial charge in [-0.25, -0.2) is 14.4 Å². The summed E-state index contributed by atoms with van der Waals surface area (Å²) in [7, 11) is 0. The molecular weight excluding hydrogens is 314 g/mol. The van der Waals surface area contributed by atoms with Gasteiger partial charge >= 0.3 is 0 Å². The van der Waals surface area contributed by atoms with Crippen LogP contribution in [0.2, 0.25) is 10.4 Å². The molecule has 1 aliphatic rings. The van der Waals surface area contributed by atoms with Crippen molar-refractivity contribution >= 4 is 34.4 Å². The molecule has 7 nitrogen and oxygen atoms in total. The Balaban J connectivity index is 2.07. The maximum atomic E-state index is 14.1. The molecule has 0 spiro atoms. The van der Waals surface area contributed by atoms with Crippen LogP contribution in [-0.4, -0.2) is 54.7 Å². The standard InChI is InChI=1S/C10H9Cl2FN4O3/c11-7-5-8(16-10(12)15-7)17(2-14-5)9-4(13)6(19)3(1-18)20-9/h2-4,6,9,18-19H,1H2/t3-,4+,6-,9-/m1/s1. The van der Waals surface area contributed by atoms with Gasteiger partial charge in [0.2, 0.25) is 5.28 Å². The molecule has 0 unspecified atom stereocenters. The summed E-state index contributed by atoms with van der Waals surface area (Å²) in [6, 6.07) is 0. The Morgan fingerprint density at radius 3 is 2.80 bits per heavy atom. The van der Waals surface area contributed by atoms with Crippen LogP contribution < -0.4 is 0 Å². The molecule has 0 saturated carbocycles. The average Bonchev–Trinajstić information content (AvgIpc) is 2.93. The topological polar surface area (TPSA) is 93.3 Å². The Labute approximate surface area is 121 Å². The predicted octanol–water partition coefficient (Wildman–Crippen LogP) is 0.722. The van der Waals surface area contributed by atoms with Crippen LogP contribution in [0, 0.1) is 0 Å². The molecule has 20 heavy (non-hydrogen) atoms. The van der Waals surface area contributed by atoms with Crippen molar-refractivity contribution in [1.82, 2.24) is 19.5 Å². The SMILES string of the molecule is OC[C@H]1O[C@@H](n2cnc3c(Cl)nc(Cl)nc32)[C@@H](F)[C@@H]1O. The molecule has 2 N–H and O–H groups in total. The van der Waals surface area contributed by atoms with Gasteiger partial charge in [-0.3, -0.25) is 4.57 Å². The zero-order valence-corrected chi connectivity index (χ0v) is 11.3. The number of rotatable bonds is 2. The molecular formula is C10H9Cl2FN4O3. The van der Waals surface area contributed by atoms with Crippen molar-refractivity contribution < 1.29 is 19.3 Å². The third-order valence-electron chi connectivity index (χ3n) is 3.10. The second kappa shape index (κ2) is 5.05. The second-order valence-corrected chi connectivity index (χ2v) is 4.99. The van der Waals surface area contributed by atoms with Crippen molar-refractivity contribution in [1.29, 1.82) is 0 Å². The van der Waals surface area contributed by atoms with Crippen molar-refractivity contribution in [3.63, 3.8) is 0 Å². The Hall–Kier alpha value is -1.06. The summed E-state index contributed by atoms with van der Waals surface area (Å²) in [5.41, 5.74) is 0.433. The molecule has 3 heterocycles. The minimum Gasteiger partial charge on any atom is -0.394 e. The monoisotopic (exact) mass is 322 g/mol. The zero-order chi connectivity index (χ0) is 14.4. The van der Waals surface area contributed by atoms with Crippen LogP contribution in [0.25, 0.3) is 11.2 Å². The fourth-order valence-electron chi connectivity index (χ4n) is 2.12. The molecule has 4 atom stereocenters. The van der Waals surface area contributed by atoms with Crippen LogP contribution in [0.4, 0.5) is 4.39 Å². The summed E-state index contributed by atoms with van der Waals surface area (Å²) in [5, 5.41) is 18.6. The molecule has 1 saturated heterocycles. The Bertz CT molecular complexity index is 655. The first-order valence-corrected chi connectivity index (χ1v) is 6.42. The highest BCUT2D eigenvalue weighted by atomic mass is 35.5. The van der Waals surface area contributed by atoms with Gasteiger partial charge in [0.05, 0.1) is 12.9 Å². The van der Waals surface area contributed by atoms with E-state index in [9.17, 15) is 9.50 Å². The molecule has 108 valence electrons. The minimum absolute atomic E-state index is 0.0337. The number of halogens is 3. The summed E-state index contributed by atoms with van der Waals surface area (Å²) < 4.78 is 20.6. The van der Waals surface area contributed by atoms with Gasteiger partial charge in [-0.15, -0.1) is 0 Å². The number of aromatic nitrogens is 4. The van der Waals surface area contributed by atoms with E-state index in [1.54, 1.807) is 0 Å². The maximum absolute atomic E-state index is 14.1. The Kier molecular flexibility index (Phi) is 3.51. The van der Waals surface area contributed by atoms with Crippen molar-refractivity contribution in [2.24, 2.45) is 0 Å². The predicted molar refractivity (Wildman–Crippen MR) is 67.2 cm³/mol. The highest BCUT2D eigenvalue weighted by molar-refractivity contribution is 6.35. The van der Waals surface area contributed by atoms with Crippen LogP contribution in [0.5, 0.6) is 0 Å². The lowest BCUT2D eigenvalue weighted by Gasteiger charge is -2.14. The molecule has 2 aromatic heterocycles. The summed E-state index contributed by atoms with van der Waals surface area (Å²) >= 11 is 11.6. The molecule has 3 rings (SSSR count). The molecule has 0 aliphatic carbocycles. The van der Waals surface area contributed by atoms with Crippen LogP contribution in [0.3, 0.4) is 0 Å². The second-order valence-electron chi connectivity index (χ2n) is 4.29. The summed E-state index contributed by atoms with van der Waals surface area (Å²) in [6.45, 7) is -0.499. The first-order chi connectivity index (χ1) is 9.52. The largest absolute Gasteiger partial charge is 0.394 e. The van der Waals surface area contributed by atoms with Gasteiger partial charge in [-0.05, 0) is 11.6 Å². The van der Waals surface area contributed by atoms with Crippen molar-refractivity contribution in [2.75, 3.05) is 6.61 Å². The molecule has 0 aromatic carbocycles. The van der Waals surface area contributed by atoms with Gasteiger partial charge in [-0.1, -0.05) is 11.6 Å². The fourth-order valence-corrected chi connectivity index (χ4v) is 2.54. The van der Waals surface area contributed by atoms with Crippen molar-refractivity contribution in [2.45, 2.75) is 24.6 Å². The average molecular weight is 323 g/mol. The first-order valence-electron chi connectivity index (χ1n) is 5.67. The van der Waals surface area contributed by atoms with Gasteiger partial charge in [-0.2, -0.15) is 4.98 Å². The lowest BCUT2D eigenvalue weighted by atomic mass is 10.1. The smallest absolute Gasteiger partial charge is 0.225 e. The highest BCUT2D eigenvalue weighted by Gasteiger charge is 2.45. The first kappa shape index (κ1) is 13.9. The van der Waals surface area contributed by atoms with Crippen LogP contribution in [-0.2, 0) is 4.74 Å². The number of ether oxygens (including phenoxy) is 1. The number of alkyl halides is 1. The number of hydrogen-bond donors (Lipinski definition) is 2. The summed E-state index contributed by atoms with van der Waals surface area (Å²) in [5.74, 6) is 0. The number of aliphatic hydroxyl groups is 2. The molecule has 0 amide bonds. The molecule has 10 heteroatoms. The van der Waals surface area contributed by atoms with Crippen LogP contribution in [0.1, 0.15) is 6.23 Å². The minimum atomic E-state index is -1.74. The van der Waals surface area contributed by atoms with Gasteiger partial charge in [0, 0.05) is 0 Å². The number of imidazole rings is 1. The zero-order valence-electron chi connectivity index (χ0n) is 9.82. The third-order valence-corrected chi connectivity index (χ3v) is 3.53. The highest BCUT2D eigenvalue weighted by Crippen LogP contribution is 2.34. The van der Waals surface area contributed by atoms with E-state index < -0.39 is 31.2 Å². The van der Waals surface area contributed by atoms with Gasteiger partial charge < -0.3 is 14.9 Å². The number of nitrogens with zero attached hydrogens (tertiary/aromatic N) is 4. The summed E-state index contributed by atoms with van der Waals surface area (Å²) in [6.07, 6.45) is -4.09. The molecule has 0 bridgehead atoms. The Morgan fingerprint density at radius 1 is 1.40 bits per heavy atom. The van der Waals surface area contributed by atoms with Crippen LogP contribution in [0.15, 0.2) is 6.33 Å². The third kappa shape index (κ3) is 2.04. The van der Waals surface area contributed by atoms with E-state index in [4.69, 9.17) is 33.0 Å². The van der Waals surface area contributed by atoms with E-state index >= 15 is 0 Å². The fraction of sp³-hybridized carbons (Fsp3) is 0.500. The van der Waals surface area contributed by atoms with Gasteiger partial charge in [0.15, 0.2) is 23.2 Å². The summed E-state index contributed by atoms with van der Waals surface area (Å²) in [4.78, 5) is 11.6. The molecule has 1 fully saturated rings. The Morgan fingerprint density at radius 2 is 2.15 bits per heavy atom. The van der Waals surface area contributed by atoms with E-state index in [1.807, 2.05) is 0 Å². The maximum Gasteiger partial charge on any atom is 0.225 e. The quantitative estimate of drug-likeness (QED) is 0.625. The van der Waals surface area contributed by atoms with E-state index in [-0.39, 0.29) is 21.6 Å². The molecule has 0 radical (unpaired) electrons. The van der Waals surface area contributed by atoms with Crippen LogP contribution >= 0.6 is 23.2 Å². The van der Waals surface area contributed by atoms with E-state index in [1.165, 1.54) is 10.9 Å². The van der Waals surface area contributed by atoms with E-state index in [0.29, 0.717) is 0 Å². The number of fused-ring (bicyclic) bond motifs is 1. The van der Waals surface area contributed by atoms with Gasteiger partial charge in [0.1, 0.15) is 17.7 Å². The van der Waals surface area contributed by atoms with Crippen molar-refractivity contribution in [3.8, 4) is 0 Å². The molecule has 1 aliphatic heterocycles. The molecule has 2 aromatic rings. The number of aliphatic hydroxyl groups excluding tert-OH is 2. The van der Waals surface area contributed by atoms with E-state index in [2.05, 4.69) is 15.0 Å². The number of hydrogen-bond acceptors (Lipinski definition) is 6. The van der Waals surface area contributed by atoms with Gasteiger partial charge in [0.25, 0.3) is 0 Å². The normalized spacial score (nSPS) is 30.2. The van der Waals surface area contributed by atoms with Crippen molar-refractivity contribution in [3.05, 3.63) is 16.8 Å². The lowest BCUT2D eigenvalue weighted by Crippen LogP contribution is -2.30.